The highest BCUT2D eigenvalue weighted by molar-refractivity contribution is 5.59. The molecule has 1 atom stereocenters. The summed E-state index contributed by atoms with van der Waals surface area (Å²) in [6.45, 7) is 3.04. The van der Waals surface area contributed by atoms with Crippen LogP contribution in [0, 0.1) is 20.2 Å². The number of ether oxygens (including phenoxy) is 1. The fourth-order valence-corrected chi connectivity index (χ4v) is 1.88. The molecular formula is C12H14N2O7. The van der Waals surface area contributed by atoms with Crippen LogP contribution in [0.25, 0.3) is 0 Å². The molecule has 9 heteroatoms. The second kappa shape index (κ2) is 6.64. The molecule has 21 heavy (non-hydrogen) atoms. The van der Waals surface area contributed by atoms with Crippen LogP contribution in [0.5, 0.6) is 0 Å². The summed E-state index contributed by atoms with van der Waals surface area (Å²) in [6, 6.07) is 2.04. The Morgan fingerprint density at radius 2 is 1.95 bits per heavy atom. The molecule has 0 saturated heterocycles. The summed E-state index contributed by atoms with van der Waals surface area (Å²) in [5.74, 6) is -0.212. The Morgan fingerprint density at radius 3 is 2.38 bits per heavy atom. The topological polar surface area (TPSA) is 133 Å². The van der Waals surface area contributed by atoms with Crippen molar-refractivity contribution in [1.82, 2.24) is 0 Å². The molecule has 0 heterocycles. The number of non-ortho nitro benzene ring substituents is 1. The Morgan fingerprint density at radius 1 is 1.33 bits per heavy atom. The molecule has 0 bridgehead atoms. The maximum Gasteiger partial charge on any atom is 0.506 e. The maximum atomic E-state index is 11.1. The van der Waals surface area contributed by atoms with Crippen molar-refractivity contribution < 1.29 is 24.5 Å². The van der Waals surface area contributed by atoms with Crippen LogP contribution in [0.1, 0.15) is 37.3 Å². The summed E-state index contributed by atoms with van der Waals surface area (Å²) >= 11 is 0. The number of nitro groups is 2. The van der Waals surface area contributed by atoms with E-state index in [-0.39, 0.29) is 11.5 Å². The van der Waals surface area contributed by atoms with Gasteiger partial charge in [-0.15, -0.1) is 0 Å². The summed E-state index contributed by atoms with van der Waals surface area (Å²) < 4.78 is 4.40. The van der Waals surface area contributed by atoms with Crippen molar-refractivity contribution in [2.24, 2.45) is 0 Å². The SMILES string of the molecule is CCC(C)c1cc([N+](=O)[O-])cc([N+](=O)[O-])c1COC(=O)O. The van der Waals surface area contributed by atoms with E-state index < -0.39 is 34.0 Å². The molecule has 0 aliphatic carbocycles. The molecular weight excluding hydrogens is 284 g/mol. The van der Waals surface area contributed by atoms with Gasteiger partial charge in [0.2, 0.25) is 0 Å². The normalized spacial score (nSPS) is 11.7. The Bertz CT molecular complexity index is 585. The standard InChI is InChI=1S/C12H14N2O7/c1-3-7(2)9-4-8(13(17)18)5-11(14(19)20)10(9)6-21-12(15)16/h4-5,7H,3,6H2,1-2H3,(H,15,16). The number of rotatable bonds is 6. The van der Waals surface area contributed by atoms with Crippen molar-refractivity contribution in [1.29, 1.82) is 0 Å². The first-order valence-electron chi connectivity index (χ1n) is 6.09. The lowest BCUT2D eigenvalue weighted by molar-refractivity contribution is -0.394. The number of carboxylic acid groups (broad SMARTS) is 1. The van der Waals surface area contributed by atoms with Gasteiger partial charge in [0.05, 0.1) is 21.5 Å². The Balaban J connectivity index is 3.49. The van der Waals surface area contributed by atoms with Gasteiger partial charge in [-0.3, -0.25) is 20.2 Å². The minimum absolute atomic E-state index is 0.0438. The number of hydrogen-bond donors (Lipinski definition) is 1. The number of nitro benzene ring substituents is 2. The summed E-state index contributed by atoms with van der Waals surface area (Å²) in [4.78, 5) is 30.9. The number of benzene rings is 1. The molecule has 0 fully saturated rings. The number of hydrogen-bond acceptors (Lipinski definition) is 6. The third-order valence-electron chi connectivity index (χ3n) is 3.14. The van der Waals surface area contributed by atoms with Gasteiger partial charge < -0.3 is 9.84 Å². The van der Waals surface area contributed by atoms with Crippen molar-refractivity contribution in [3.8, 4) is 0 Å². The predicted octanol–water partition coefficient (Wildman–Crippen LogP) is 3.21. The first-order chi connectivity index (χ1) is 9.77. The molecule has 1 N–H and O–H groups in total. The largest absolute Gasteiger partial charge is 0.506 e. The Kier molecular flexibility index (Phi) is 5.17. The first-order valence-corrected chi connectivity index (χ1v) is 6.09. The van der Waals surface area contributed by atoms with E-state index in [1.165, 1.54) is 6.07 Å². The minimum Gasteiger partial charge on any atom is -0.450 e. The monoisotopic (exact) mass is 298 g/mol. The van der Waals surface area contributed by atoms with Crippen LogP contribution < -0.4 is 0 Å². The van der Waals surface area contributed by atoms with Crippen molar-refractivity contribution in [3.05, 3.63) is 43.5 Å². The van der Waals surface area contributed by atoms with Gasteiger partial charge in [-0.05, 0) is 17.9 Å². The van der Waals surface area contributed by atoms with Crippen LogP contribution in [0.3, 0.4) is 0 Å². The minimum atomic E-state index is -1.57. The molecule has 1 unspecified atom stereocenters. The van der Waals surface area contributed by atoms with Gasteiger partial charge in [-0.2, -0.15) is 0 Å². The maximum absolute atomic E-state index is 11.1. The van der Waals surface area contributed by atoms with Crippen molar-refractivity contribution in [2.75, 3.05) is 0 Å². The van der Waals surface area contributed by atoms with E-state index in [9.17, 15) is 25.0 Å². The van der Waals surface area contributed by atoms with E-state index >= 15 is 0 Å². The van der Waals surface area contributed by atoms with Crippen molar-refractivity contribution in [2.45, 2.75) is 32.8 Å². The Labute approximate surface area is 119 Å². The molecule has 0 spiro atoms. The quantitative estimate of drug-likeness (QED) is 0.484. The smallest absolute Gasteiger partial charge is 0.450 e. The fraction of sp³-hybridized carbons (Fsp3) is 0.417. The van der Waals surface area contributed by atoms with E-state index in [0.29, 0.717) is 12.0 Å². The highest BCUT2D eigenvalue weighted by atomic mass is 16.7. The van der Waals surface area contributed by atoms with E-state index in [4.69, 9.17) is 5.11 Å². The molecule has 1 rings (SSSR count). The summed E-state index contributed by atoms with van der Waals surface area (Å²) in [7, 11) is 0. The van der Waals surface area contributed by atoms with E-state index in [0.717, 1.165) is 6.07 Å². The van der Waals surface area contributed by atoms with Gasteiger partial charge in [0, 0.05) is 6.07 Å². The van der Waals surface area contributed by atoms with Gasteiger partial charge in [0.15, 0.2) is 0 Å². The summed E-state index contributed by atoms with van der Waals surface area (Å²) in [5.41, 5.74) is -0.529. The highest BCUT2D eigenvalue weighted by Gasteiger charge is 2.26. The lowest BCUT2D eigenvalue weighted by Crippen LogP contribution is -2.09. The third kappa shape index (κ3) is 3.88. The molecule has 9 nitrogen and oxygen atoms in total. The second-order valence-corrected chi connectivity index (χ2v) is 4.41. The first kappa shape index (κ1) is 16.3. The molecule has 0 aliphatic rings. The molecule has 1 aromatic carbocycles. The van der Waals surface area contributed by atoms with Gasteiger partial charge >= 0.3 is 6.16 Å². The average Bonchev–Trinajstić information content (AvgIpc) is 2.42. The van der Waals surface area contributed by atoms with Crippen LogP contribution in [-0.4, -0.2) is 21.1 Å². The summed E-state index contributed by atoms with van der Waals surface area (Å²) in [5, 5.41) is 30.5. The van der Waals surface area contributed by atoms with Crippen LogP contribution in [0.15, 0.2) is 12.1 Å². The van der Waals surface area contributed by atoms with E-state index in [1.807, 2.05) is 6.92 Å². The molecule has 0 saturated carbocycles. The third-order valence-corrected chi connectivity index (χ3v) is 3.14. The molecule has 0 aliphatic heterocycles. The average molecular weight is 298 g/mol. The molecule has 0 aromatic heterocycles. The van der Waals surface area contributed by atoms with Crippen LogP contribution in [0.2, 0.25) is 0 Å². The van der Waals surface area contributed by atoms with Gasteiger partial charge in [0.25, 0.3) is 11.4 Å². The zero-order chi connectivity index (χ0) is 16.2. The molecule has 0 radical (unpaired) electrons. The number of carbonyl (C=O) groups is 1. The molecule has 114 valence electrons. The van der Waals surface area contributed by atoms with Gasteiger partial charge in [-0.25, -0.2) is 4.79 Å². The number of nitrogens with zero attached hydrogens (tertiary/aromatic N) is 2. The van der Waals surface area contributed by atoms with E-state index in [1.54, 1.807) is 6.92 Å². The second-order valence-electron chi connectivity index (χ2n) is 4.41. The molecule has 1 aromatic rings. The van der Waals surface area contributed by atoms with Crippen LogP contribution in [-0.2, 0) is 11.3 Å². The van der Waals surface area contributed by atoms with E-state index in [2.05, 4.69) is 4.74 Å². The van der Waals surface area contributed by atoms with Gasteiger partial charge in [0.1, 0.15) is 6.61 Å². The van der Waals surface area contributed by atoms with Crippen molar-refractivity contribution >= 4 is 17.5 Å². The van der Waals surface area contributed by atoms with Crippen LogP contribution >= 0.6 is 0 Å². The van der Waals surface area contributed by atoms with Gasteiger partial charge in [-0.1, -0.05) is 13.8 Å². The van der Waals surface area contributed by atoms with Crippen LogP contribution in [0.4, 0.5) is 16.2 Å². The molecule has 0 amide bonds. The highest BCUT2D eigenvalue weighted by Crippen LogP contribution is 2.34. The van der Waals surface area contributed by atoms with Crippen molar-refractivity contribution in [3.63, 3.8) is 0 Å². The lowest BCUT2D eigenvalue weighted by atomic mass is 9.92. The lowest BCUT2D eigenvalue weighted by Gasteiger charge is -2.14. The summed E-state index contributed by atoms with van der Waals surface area (Å²) in [6.07, 6.45) is -0.990. The predicted molar refractivity (Wildman–Crippen MR) is 71.3 cm³/mol. The fourth-order valence-electron chi connectivity index (χ4n) is 1.88. The Hall–Kier alpha value is -2.71. The zero-order valence-corrected chi connectivity index (χ0v) is 11.4. The zero-order valence-electron chi connectivity index (χ0n) is 11.4.